The third-order valence-electron chi connectivity index (χ3n) is 1.62. The zero-order valence-electron chi connectivity index (χ0n) is 7.85. The topological polar surface area (TPSA) is 26.3 Å². The van der Waals surface area contributed by atoms with Gasteiger partial charge in [0.15, 0.2) is 0 Å². The van der Waals surface area contributed by atoms with Gasteiger partial charge in [0.2, 0.25) is 0 Å². The molecule has 1 aromatic carbocycles. The lowest BCUT2D eigenvalue weighted by Crippen LogP contribution is -2.04. The van der Waals surface area contributed by atoms with Crippen molar-refractivity contribution in [2.45, 2.75) is 20.8 Å². The van der Waals surface area contributed by atoms with E-state index in [1.165, 1.54) is 12.5 Å². The highest BCUT2D eigenvalue weighted by molar-refractivity contribution is 14.1. The molecule has 0 aromatic heterocycles. The number of aryl methyl sites for hydroxylation is 2. The van der Waals surface area contributed by atoms with Gasteiger partial charge in [-0.1, -0.05) is 6.07 Å². The molecule has 70 valence electrons. The van der Waals surface area contributed by atoms with Crippen LogP contribution in [0.2, 0.25) is 0 Å². The smallest absolute Gasteiger partial charge is 0.308 e. The molecule has 0 heterocycles. The first-order chi connectivity index (χ1) is 6.00. The maximum Gasteiger partial charge on any atom is 0.308 e. The van der Waals surface area contributed by atoms with Crippen LogP contribution < -0.4 is 4.74 Å². The minimum atomic E-state index is -0.273. The lowest BCUT2D eigenvalue weighted by molar-refractivity contribution is -0.131. The third-order valence-corrected chi connectivity index (χ3v) is 2.42. The van der Waals surface area contributed by atoms with Crippen molar-refractivity contribution in [3.05, 3.63) is 26.8 Å². The summed E-state index contributed by atoms with van der Waals surface area (Å²) < 4.78 is 6.06. The largest absolute Gasteiger partial charge is 0.425 e. The van der Waals surface area contributed by atoms with Crippen molar-refractivity contribution in [2.75, 3.05) is 0 Å². The summed E-state index contributed by atoms with van der Waals surface area (Å²) in [5.41, 5.74) is 2.18. The van der Waals surface area contributed by atoms with E-state index in [4.69, 9.17) is 4.74 Å². The van der Waals surface area contributed by atoms with Crippen molar-refractivity contribution in [1.29, 1.82) is 0 Å². The lowest BCUT2D eigenvalue weighted by Gasteiger charge is -2.08. The van der Waals surface area contributed by atoms with Crippen LogP contribution in [0.3, 0.4) is 0 Å². The third kappa shape index (κ3) is 2.69. The Kier molecular flexibility index (Phi) is 3.30. The van der Waals surface area contributed by atoms with Crippen LogP contribution in [-0.2, 0) is 4.79 Å². The highest BCUT2D eigenvalue weighted by Crippen LogP contribution is 2.26. The first-order valence-corrected chi connectivity index (χ1v) is 5.03. The number of benzene rings is 1. The predicted octanol–water partition coefficient (Wildman–Crippen LogP) is 2.83. The number of ether oxygens (including phenoxy) is 1. The minimum Gasteiger partial charge on any atom is -0.425 e. The van der Waals surface area contributed by atoms with Crippen LogP contribution in [0.25, 0.3) is 0 Å². The molecule has 1 rings (SSSR count). The first-order valence-electron chi connectivity index (χ1n) is 3.96. The summed E-state index contributed by atoms with van der Waals surface area (Å²) >= 11 is 2.17. The van der Waals surface area contributed by atoms with Crippen LogP contribution in [0.5, 0.6) is 5.75 Å². The second-order valence-corrected chi connectivity index (χ2v) is 4.15. The molecule has 0 N–H and O–H groups in total. The normalized spacial score (nSPS) is 9.85. The summed E-state index contributed by atoms with van der Waals surface area (Å²) in [5, 5.41) is 0. The summed E-state index contributed by atoms with van der Waals surface area (Å²) in [6.45, 7) is 5.37. The monoisotopic (exact) mass is 290 g/mol. The van der Waals surface area contributed by atoms with E-state index in [1.807, 2.05) is 26.0 Å². The highest BCUT2D eigenvalue weighted by Gasteiger charge is 2.07. The van der Waals surface area contributed by atoms with Crippen LogP contribution in [0, 0.1) is 17.4 Å². The summed E-state index contributed by atoms with van der Waals surface area (Å²) in [7, 11) is 0. The first kappa shape index (κ1) is 10.5. The van der Waals surface area contributed by atoms with E-state index in [0.29, 0.717) is 5.75 Å². The molecular weight excluding hydrogens is 279 g/mol. The van der Waals surface area contributed by atoms with E-state index in [2.05, 4.69) is 22.6 Å². The molecule has 0 saturated carbocycles. The van der Waals surface area contributed by atoms with Gasteiger partial charge in [-0.25, -0.2) is 0 Å². The van der Waals surface area contributed by atoms with E-state index in [0.717, 1.165) is 9.13 Å². The zero-order chi connectivity index (χ0) is 10.0. The number of hydrogen-bond acceptors (Lipinski definition) is 2. The second-order valence-electron chi connectivity index (χ2n) is 2.99. The number of esters is 1. The van der Waals surface area contributed by atoms with Gasteiger partial charge < -0.3 is 4.74 Å². The van der Waals surface area contributed by atoms with Gasteiger partial charge in [-0.05, 0) is 53.6 Å². The molecule has 1 aromatic rings. The molecule has 0 amide bonds. The van der Waals surface area contributed by atoms with Gasteiger partial charge in [0.1, 0.15) is 5.75 Å². The molecule has 0 fully saturated rings. The summed E-state index contributed by atoms with van der Waals surface area (Å²) in [4.78, 5) is 10.8. The zero-order valence-corrected chi connectivity index (χ0v) is 10.0. The van der Waals surface area contributed by atoms with Gasteiger partial charge in [-0.15, -0.1) is 0 Å². The number of carbonyl (C=O) groups excluding carboxylic acids is 1. The van der Waals surface area contributed by atoms with E-state index in [9.17, 15) is 4.79 Å². The highest BCUT2D eigenvalue weighted by atomic mass is 127. The molecule has 0 saturated heterocycles. The van der Waals surface area contributed by atoms with Crippen LogP contribution in [0.15, 0.2) is 12.1 Å². The molecule has 2 nitrogen and oxygen atoms in total. The molecule has 0 spiro atoms. The Morgan fingerprint density at radius 2 is 2.00 bits per heavy atom. The predicted molar refractivity (Wildman–Crippen MR) is 59.9 cm³/mol. The Labute approximate surface area is 91.4 Å². The fourth-order valence-electron chi connectivity index (χ4n) is 1.18. The van der Waals surface area contributed by atoms with Crippen molar-refractivity contribution in [2.24, 2.45) is 0 Å². The summed E-state index contributed by atoms with van der Waals surface area (Å²) in [6, 6.07) is 3.99. The molecule has 0 unspecified atom stereocenters. The Morgan fingerprint density at radius 1 is 1.38 bits per heavy atom. The number of halogens is 1. The van der Waals surface area contributed by atoms with Crippen molar-refractivity contribution in [1.82, 2.24) is 0 Å². The summed E-state index contributed by atoms with van der Waals surface area (Å²) in [5.74, 6) is 0.406. The second kappa shape index (κ2) is 4.09. The Bertz CT molecular complexity index is 322. The Hall–Kier alpha value is -0.580. The van der Waals surface area contributed by atoms with Crippen LogP contribution in [-0.4, -0.2) is 5.97 Å². The van der Waals surface area contributed by atoms with Crippen molar-refractivity contribution >= 4 is 28.6 Å². The average molecular weight is 290 g/mol. The maximum absolute atomic E-state index is 10.8. The SMILES string of the molecule is CC(=O)Oc1c(C)cc(C)cc1I. The average Bonchev–Trinajstić information content (AvgIpc) is 1.96. The van der Waals surface area contributed by atoms with Gasteiger partial charge in [0.05, 0.1) is 3.57 Å². The summed E-state index contributed by atoms with van der Waals surface area (Å²) in [6.07, 6.45) is 0. The molecule has 0 aliphatic rings. The van der Waals surface area contributed by atoms with Crippen LogP contribution in [0.1, 0.15) is 18.1 Å². The Balaban J connectivity index is 3.13. The number of rotatable bonds is 1. The maximum atomic E-state index is 10.8. The van der Waals surface area contributed by atoms with Crippen molar-refractivity contribution < 1.29 is 9.53 Å². The standard InChI is InChI=1S/C10H11IO2/c1-6-4-7(2)10(9(11)5-6)13-8(3)12/h4-5H,1-3H3. The molecule has 0 atom stereocenters. The van der Waals surface area contributed by atoms with E-state index in [-0.39, 0.29) is 5.97 Å². The molecule has 0 aliphatic heterocycles. The quantitative estimate of drug-likeness (QED) is 0.451. The lowest BCUT2D eigenvalue weighted by atomic mass is 10.1. The van der Waals surface area contributed by atoms with E-state index < -0.39 is 0 Å². The fraction of sp³-hybridized carbons (Fsp3) is 0.300. The molecule has 13 heavy (non-hydrogen) atoms. The number of carbonyl (C=O) groups is 1. The van der Waals surface area contributed by atoms with Gasteiger partial charge >= 0.3 is 5.97 Å². The molecular formula is C10H11IO2. The molecule has 3 heteroatoms. The van der Waals surface area contributed by atoms with Gasteiger partial charge in [0, 0.05) is 6.92 Å². The Morgan fingerprint density at radius 3 is 2.46 bits per heavy atom. The molecule has 0 radical (unpaired) electrons. The van der Waals surface area contributed by atoms with Crippen molar-refractivity contribution in [3.8, 4) is 5.75 Å². The van der Waals surface area contributed by atoms with Gasteiger partial charge in [-0.3, -0.25) is 4.79 Å². The van der Waals surface area contributed by atoms with Crippen LogP contribution >= 0.6 is 22.6 Å². The van der Waals surface area contributed by atoms with E-state index >= 15 is 0 Å². The van der Waals surface area contributed by atoms with Crippen LogP contribution in [0.4, 0.5) is 0 Å². The van der Waals surface area contributed by atoms with Gasteiger partial charge in [-0.2, -0.15) is 0 Å². The minimum absolute atomic E-state index is 0.273. The molecule has 0 bridgehead atoms. The molecule has 0 aliphatic carbocycles. The van der Waals surface area contributed by atoms with E-state index in [1.54, 1.807) is 0 Å². The number of hydrogen-bond donors (Lipinski definition) is 0. The van der Waals surface area contributed by atoms with Crippen molar-refractivity contribution in [3.63, 3.8) is 0 Å². The van der Waals surface area contributed by atoms with Gasteiger partial charge in [0.25, 0.3) is 0 Å². The fourth-order valence-corrected chi connectivity index (χ4v) is 2.20.